The number of nitrogens with one attached hydrogen (secondary N) is 1. The van der Waals surface area contributed by atoms with Crippen molar-refractivity contribution < 1.29 is 8.42 Å². The molecule has 0 fully saturated rings. The van der Waals surface area contributed by atoms with Crippen LogP contribution in [0.15, 0.2) is 11.6 Å². The van der Waals surface area contributed by atoms with Gasteiger partial charge in [-0.3, -0.25) is 0 Å². The summed E-state index contributed by atoms with van der Waals surface area (Å²) >= 11 is 1.44. The minimum absolute atomic E-state index is 0.0851. The van der Waals surface area contributed by atoms with Crippen LogP contribution in [-0.2, 0) is 15.6 Å². The second-order valence-electron chi connectivity index (χ2n) is 3.47. The Balaban J connectivity index is 2.88. The van der Waals surface area contributed by atoms with Crippen molar-refractivity contribution >= 4 is 21.4 Å². The first-order valence-electron chi connectivity index (χ1n) is 4.29. The lowest BCUT2D eigenvalue weighted by Gasteiger charge is -2.22. The fourth-order valence-corrected chi connectivity index (χ4v) is 2.84. The van der Waals surface area contributed by atoms with Crippen LogP contribution in [0.4, 0.5) is 0 Å². The maximum atomic E-state index is 11.4. The summed E-state index contributed by atoms with van der Waals surface area (Å²) in [4.78, 5) is 4.10. The van der Waals surface area contributed by atoms with E-state index in [4.69, 9.17) is 0 Å². The molecular formula is C8H14N2O2S2. The molecule has 0 aliphatic carbocycles. The van der Waals surface area contributed by atoms with Crippen molar-refractivity contribution in [2.24, 2.45) is 0 Å². The van der Waals surface area contributed by atoms with Gasteiger partial charge >= 0.3 is 0 Å². The first-order chi connectivity index (χ1) is 6.37. The van der Waals surface area contributed by atoms with E-state index in [0.29, 0.717) is 0 Å². The van der Waals surface area contributed by atoms with E-state index < -0.39 is 15.6 Å². The highest BCUT2D eigenvalue weighted by molar-refractivity contribution is 7.89. The van der Waals surface area contributed by atoms with Crippen molar-refractivity contribution in [3.05, 3.63) is 16.6 Å². The molecular weight excluding hydrogens is 220 g/mol. The number of nitrogens with zero attached hydrogens (tertiary/aromatic N) is 1. The highest BCUT2D eigenvalue weighted by atomic mass is 32.2. The fourth-order valence-electron chi connectivity index (χ4n) is 1.04. The standard InChI is InChI=1S/C8H14N2O2S2/c1-4-14(11,12)10-8(2,3)7-9-5-6-13-7/h5-6,10H,4H2,1-3H3. The quantitative estimate of drug-likeness (QED) is 0.854. The second kappa shape index (κ2) is 3.96. The Kier molecular flexibility index (Phi) is 3.28. The summed E-state index contributed by atoms with van der Waals surface area (Å²) < 4.78 is 25.4. The highest BCUT2D eigenvalue weighted by Gasteiger charge is 2.27. The van der Waals surface area contributed by atoms with Crippen LogP contribution in [-0.4, -0.2) is 19.2 Å². The largest absolute Gasteiger partial charge is 0.248 e. The third-order valence-electron chi connectivity index (χ3n) is 1.76. The van der Waals surface area contributed by atoms with Crippen molar-refractivity contribution in [1.29, 1.82) is 0 Å². The Morgan fingerprint density at radius 3 is 2.64 bits per heavy atom. The Labute approximate surface area is 88.4 Å². The van der Waals surface area contributed by atoms with Gasteiger partial charge in [0.1, 0.15) is 5.01 Å². The van der Waals surface area contributed by atoms with Gasteiger partial charge in [0.2, 0.25) is 10.0 Å². The number of hydrogen-bond donors (Lipinski definition) is 1. The number of thiazole rings is 1. The van der Waals surface area contributed by atoms with Gasteiger partial charge in [-0.15, -0.1) is 11.3 Å². The van der Waals surface area contributed by atoms with Gasteiger partial charge in [-0.25, -0.2) is 18.1 Å². The highest BCUT2D eigenvalue weighted by Crippen LogP contribution is 2.22. The van der Waals surface area contributed by atoms with Crippen LogP contribution in [0.25, 0.3) is 0 Å². The maximum absolute atomic E-state index is 11.4. The van der Waals surface area contributed by atoms with Crippen molar-refractivity contribution in [3.8, 4) is 0 Å². The average molecular weight is 234 g/mol. The van der Waals surface area contributed by atoms with E-state index >= 15 is 0 Å². The zero-order valence-corrected chi connectivity index (χ0v) is 10.1. The summed E-state index contributed by atoms with van der Waals surface area (Å²) in [6, 6.07) is 0. The van der Waals surface area contributed by atoms with Crippen LogP contribution in [0, 0.1) is 0 Å². The minimum Gasteiger partial charge on any atom is -0.248 e. The predicted molar refractivity (Wildman–Crippen MR) is 57.7 cm³/mol. The van der Waals surface area contributed by atoms with Gasteiger partial charge in [0, 0.05) is 11.6 Å². The Hall–Kier alpha value is -0.460. The van der Waals surface area contributed by atoms with Crippen molar-refractivity contribution in [1.82, 2.24) is 9.71 Å². The second-order valence-corrected chi connectivity index (χ2v) is 6.37. The molecule has 6 heteroatoms. The summed E-state index contributed by atoms with van der Waals surface area (Å²) in [6.07, 6.45) is 1.67. The van der Waals surface area contributed by atoms with Gasteiger partial charge in [-0.05, 0) is 20.8 Å². The first-order valence-corrected chi connectivity index (χ1v) is 6.82. The molecule has 0 saturated heterocycles. The van der Waals surface area contributed by atoms with Gasteiger partial charge < -0.3 is 0 Å². The normalized spacial score (nSPS) is 13.1. The molecule has 0 saturated carbocycles. The summed E-state index contributed by atoms with van der Waals surface area (Å²) in [5.74, 6) is 0.0851. The SMILES string of the molecule is CCS(=O)(=O)NC(C)(C)c1nccs1. The summed E-state index contributed by atoms with van der Waals surface area (Å²) in [6.45, 7) is 5.22. The Bertz CT molecular complexity index is 381. The lowest BCUT2D eigenvalue weighted by atomic mass is 10.1. The number of sulfonamides is 1. The fraction of sp³-hybridized carbons (Fsp3) is 0.625. The topological polar surface area (TPSA) is 59.1 Å². The van der Waals surface area contributed by atoms with Gasteiger partial charge in [-0.2, -0.15) is 0 Å². The average Bonchev–Trinajstić information content (AvgIpc) is 2.54. The number of hydrogen-bond acceptors (Lipinski definition) is 4. The Morgan fingerprint density at radius 2 is 2.21 bits per heavy atom. The molecule has 0 atom stereocenters. The molecule has 0 aliphatic heterocycles. The first kappa shape index (κ1) is 11.6. The van der Waals surface area contributed by atoms with Gasteiger partial charge in [0.25, 0.3) is 0 Å². The van der Waals surface area contributed by atoms with Crippen molar-refractivity contribution in [2.45, 2.75) is 26.3 Å². The van der Waals surface area contributed by atoms with E-state index in [1.165, 1.54) is 11.3 Å². The van der Waals surface area contributed by atoms with E-state index in [1.54, 1.807) is 27.0 Å². The molecule has 0 amide bonds. The van der Waals surface area contributed by atoms with Crippen LogP contribution < -0.4 is 4.72 Å². The minimum atomic E-state index is -3.19. The summed E-state index contributed by atoms with van der Waals surface area (Å²) in [5, 5.41) is 2.60. The lowest BCUT2D eigenvalue weighted by Crippen LogP contribution is -2.41. The molecule has 1 aromatic rings. The zero-order valence-electron chi connectivity index (χ0n) is 8.44. The molecule has 1 rings (SSSR count). The monoisotopic (exact) mass is 234 g/mol. The molecule has 0 spiro atoms. The van der Waals surface area contributed by atoms with Crippen LogP contribution in [0.2, 0.25) is 0 Å². The molecule has 0 radical (unpaired) electrons. The third kappa shape index (κ3) is 2.76. The molecule has 1 aromatic heterocycles. The smallest absolute Gasteiger partial charge is 0.212 e. The van der Waals surface area contributed by atoms with E-state index in [9.17, 15) is 8.42 Å². The lowest BCUT2D eigenvalue weighted by molar-refractivity contribution is 0.470. The molecule has 14 heavy (non-hydrogen) atoms. The molecule has 0 bridgehead atoms. The molecule has 0 aromatic carbocycles. The van der Waals surface area contributed by atoms with Gasteiger partial charge in [0.15, 0.2) is 0 Å². The molecule has 80 valence electrons. The van der Waals surface area contributed by atoms with E-state index in [0.717, 1.165) is 5.01 Å². The van der Waals surface area contributed by atoms with Crippen LogP contribution in [0.5, 0.6) is 0 Å². The van der Waals surface area contributed by atoms with Crippen molar-refractivity contribution in [3.63, 3.8) is 0 Å². The number of aromatic nitrogens is 1. The van der Waals surface area contributed by atoms with Crippen LogP contribution >= 0.6 is 11.3 Å². The van der Waals surface area contributed by atoms with Gasteiger partial charge in [-0.1, -0.05) is 0 Å². The molecule has 1 N–H and O–H groups in total. The predicted octanol–water partition coefficient (Wildman–Crippen LogP) is 1.32. The summed E-state index contributed by atoms with van der Waals surface area (Å²) in [5.41, 5.74) is -0.622. The van der Waals surface area contributed by atoms with Crippen molar-refractivity contribution in [2.75, 3.05) is 5.75 Å². The molecule has 0 unspecified atom stereocenters. The Morgan fingerprint density at radius 1 is 1.57 bits per heavy atom. The van der Waals surface area contributed by atoms with Gasteiger partial charge in [0.05, 0.1) is 11.3 Å². The maximum Gasteiger partial charge on any atom is 0.212 e. The molecule has 1 heterocycles. The zero-order chi connectivity index (χ0) is 10.8. The van der Waals surface area contributed by atoms with E-state index in [2.05, 4.69) is 9.71 Å². The van der Waals surface area contributed by atoms with Crippen LogP contribution in [0.1, 0.15) is 25.8 Å². The number of rotatable bonds is 4. The van der Waals surface area contributed by atoms with E-state index in [-0.39, 0.29) is 5.75 Å². The molecule has 4 nitrogen and oxygen atoms in total. The van der Waals surface area contributed by atoms with Crippen LogP contribution in [0.3, 0.4) is 0 Å². The van der Waals surface area contributed by atoms with E-state index in [1.807, 2.05) is 5.38 Å². The molecule has 0 aliphatic rings. The summed E-state index contributed by atoms with van der Waals surface area (Å²) in [7, 11) is -3.19. The third-order valence-corrected chi connectivity index (χ3v) is 4.44.